The molecule has 4 rings (SSSR count). The minimum atomic E-state index is 0.155. The van der Waals surface area contributed by atoms with Crippen molar-refractivity contribution in [2.45, 2.75) is 47.5 Å². The Bertz CT molecular complexity index is 1230. The molecular formula is C35H45N3. The molecule has 0 N–H and O–H groups in total. The zero-order valence-electron chi connectivity index (χ0n) is 24.2. The summed E-state index contributed by atoms with van der Waals surface area (Å²) in [6, 6.07) is 32.2. The van der Waals surface area contributed by atoms with Crippen LogP contribution in [0, 0.1) is 0 Å². The lowest BCUT2D eigenvalue weighted by atomic mass is 9.82. The molecule has 0 radical (unpaired) electrons. The molecule has 0 unspecified atom stereocenters. The van der Waals surface area contributed by atoms with E-state index in [1.807, 2.05) is 0 Å². The van der Waals surface area contributed by atoms with Crippen molar-refractivity contribution in [2.75, 3.05) is 54.0 Å². The van der Waals surface area contributed by atoms with Crippen molar-refractivity contribution in [3.8, 4) is 0 Å². The van der Waals surface area contributed by atoms with Gasteiger partial charge in [0, 0.05) is 67.6 Å². The van der Waals surface area contributed by atoms with Crippen LogP contribution in [0.15, 0.2) is 84.9 Å². The summed E-state index contributed by atoms with van der Waals surface area (Å²) >= 11 is 0. The van der Waals surface area contributed by atoms with E-state index >= 15 is 0 Å². The Morgan fingerprint density at radius 2 is 0.868 bits per heavy atom. The van der Waals surface area contributed by atoms with Crippen molar-refractivity contribution < 1.29 is 0 Å². The molecule has 0 aliphatic heterocycles. The largest absolute Gasteiger partial charge is 0.372 e. The van der Waals surface area contributed by atoms with E-state index in [1.165, 1.54) is 44.5 Å². The fraction of sp³-hybridized carbons (Fsp3) is 0.371. The first-order valence-corrected chi connectivity index (χ1v) is 14.6. The Hall–Kier alpha value is -3.46. The molecule has 0 bridgehead atoms. The molecule has 3 heteroatoms. The van der Waals surface area contributed by atoms with Crippen LogP contribution in [0.4, 0.5) is 17.1 Å². The number of hydrogen-bond donors (Lipinski definition) is 0. The van der Waals surface area contributed by atoms with Gasteiger partial charge < -0.3 is 14.7 Å². The molecule has 0 amide bonds. The molecule has 4 aromatic rings. The van der Waals surface area contributed by atoms with Crippen molar-refractivity contribution in [1.82, 2.24) is 0 Å². The fourth-order valence-electron chi connectivity index (χ4n) is 5.88. The lowest BCUT2D eigenvalue weighted by molar-refractivity contribution is 0.862. The van der Waals surface area contributed by atoms with E-state index < -0.39 is 0 Å². The highest BCUT2D eigenvalue weighted by Crippen LogP contribution is 2.40. The van der Waals surface area contributed by atoms with Gasteiger partial charge in [0.1, 0.15) is 0 Å². The fourth-order valence-corrected chi connectivity index (χ4v) is 5.88. The van der Waals surface area contributed by atoms with Gasteiger partial charge in [-0.1, -0.05) is 54.6 Å². The Morgan fingerprint density at radius 1 is 0.447 bits per heavy atom. The van der Waals surface area contributed by atoms with Gasteiger partial charge in [0.15, 0.2) is 0 Å². The third kappa shape index (κ3) is 5.53. The molecule has 0 heterocycles. The number of benzene rings is 4. The van der Waals surface area contributed by atoms with Crippen LogP contribution in [0.2, 0.25) is 0 Å². The van der Waals surface area contributed by atoms with Gasteiger partial charge in [-0.05, 0) is 94.0 Å². The molecule has 3 nitrogen and oxygen atoms in total. The quantitative estimate of drug-likeness (QED) is 0.178. The smallest absolute Gasteiger partial charge is 0.0445 e. The van der Waals surface area contributed by atoms with Gasteiger partial charge in [-0.25, -0.2) is 0 Å². The average Bonchev–Trinajstić information content (AvgIpc) is 2.97. The lowest BCUT2D eigenvalue weighted by Gasteiger charge is -2.27. The lowest BCUT2D eigenvalue weighted by Crippen LogP contribution is -2.22. The molecule has 0 atom stereocenters. The molecule has 38 heavy (non-hydrogen) atoms. The predicted molar refractivity (Wildman–Crippen MR) is 168 cm³/mol. The minimum absolute atomic E-state index is 0.155. The van der Waals surface area contributed by atoms with Gasteiger partial charge in [0.25, 0.3) is 0 Å². The minimum Gasteiger partial charge on any atom is -0.372 e. The number of anilines is 3. The van der Waals surface area contributed by atoms with Crippen LogP contribution in [0.25, 0.3) is 10.8 Å². The van der Waals surface area contributed by atoms with E-state index in [-0.39, 0.29) is 5.92 Å². The molecular weight excluding hydrogens is 462 g/mol. The van der Waals surface area contributed by atoms with E-state index in [9.17, 15) is 0 Å². The van der Waals surface area contributed by atoms with Crippen LogP contribution in [-0.2, 0) is 0 Å². The SMILES string of the molecule is CCN(CC)c1ccc(C(c2ccc(N(CC)CC)cc2)c2ccc(N(CC)CC)c3ccccc23)cc1. The highest BCUT2D eigenvalue weighted by Gasteiger charge is 2.21. The topological polar surface area (TPSA) is 9.72 Å². The van der Waals surface area contributed by atoms with Crippen LogP contribution in [0.1, 0.15) is 64.2 Å². The average molecular weight is 508 g/mol. The maximum atomic E-state index is 2.46. The van der Waals surface area contributed by atoms with Crippen LogP contribution in [0.5, 0.6) is 0 Å². The maximum Gasteiger partial charge on any atom is 0.0445 e. The third-order valence-electron chi connectivity index (χ3n) is 8.06. The number of fused-ring (bicyclic) bond motifs is 1. The zero-order chi connectivity index (χ0) is 27.1. The number of rotatable bonds is 12. The van der Waals surface area contributed by atoms with Crippen molar-refractivity contribution >= 4 is 27.8 Å². The van der Waals surface area contributed by atoms with Crippen LogP contribution in [-0.4, -0.2) is 39.3 Å². The Kier molecular flexibility index (Phi) is 9.33. The van der Waals surface area contributed by atoms with Gasteiger partial charge in [-0.3, -0.25) is 0 Å². The second kappa shape index (κ2) is 12.9. The molecule has 0 aliphatic carbocycles. The second-order valence-corrected chi connectivity index (χ2v) is 9.85. The second-order valence-electron chi connectivity index (χ2n) is 9.85. The normalized spacial score (nSPS) is 11.2. The zero-order valence-corrected chi connectivity index (χ0v) is 24.2. The highest BCUT2D eigenvalue weighted by atomic mass is 15.1. The van der Waals surface area contributed by atoms with Crippen molar-refractivity contribution in [1.29, 1.82) is 0 Å². The number of nitrogens with zero attached hydrogens (tertiary/aromatic N) is 3. The van der Waals surface area contributed by atoms with E-state index in [0.717, 1.165) is 39.3 Å². The first-order valence-electron chi connectivity index (χ1n) is 14.6. The first kappa shape index (κ1) is 27.6. The molecule has 0 aromatic heterocycles. The third-order valence-corrected chi connectivity index (χ3v) is 8.06. The first-order chi connectivity index (χ1) is 18.6. The molecule has 0 aliphatic rings. The Balaban J connectivity index is 1.89. The summed E-state index contributed by atoms with van der Waals surface area (Å²) in [6.45, 7) is 19.4. The standard InChI is InChI=1S/C35H45N3/c1-7-36(8-2)29-21-17-27(18-22-29)35(28-19-23-30(24-20-28)37(9-3)10-4)33-25-26-34(38(11-5)12-6)32-16-14-13-15-31(32)33/h13-26,35H,7-12H2,1-6H3. The summed E-state index contributed by atoms with van der Waals surface area (Å²) in [5.41, 5.74) is 7.92. The molecule has 4 aromatic carbocycles. The summed E-state index contributed by atoms with van der Waals surface area (Å²) in [6.07, 6.45) is 0. The van der Waals surface area contributed by atoms with Crippen molar-refractivity contribution in [3.05, 3.63) is 102 Å². The summed E-state index contributed by atoms with van der Waals surface area (Å²) < 4.78 is 0. The van der Waals surface area contributed by atoms with Gasteiger partial charge in [-0.2, -0.15) is 0 Å². The molecule has 0 saturated heterocycles. The van der Waals surface area contributed by atoms with Gasteiger partial charge >= 0.3 is 0 Å². The summed E-state index contributed by atoms with van der Waals surface area (Å²) in [5, 5.41) is 2.67. The van der Waals surface area contributed by atoms with Gasteiger partial charge in [0.05, 0.1) is 0 Å². The molecule has 200 valence electrons. The summed E-state index contributed by atoms with van der Waals surface area (Å²) in [7, 11) is 0. The molecule has 0 saturated carbocycles. The predicted octanol–water partition coefficient (Wildman–Crippen LogP) is 8.56. The highest BCUT2D eigenvalue weighted by molar-refractivity contribution is 5.97. The molecule has 0 fully saturated rings. The van der Waals surface area contributed by atoms with E-state index in [4.69, 9.17) is 0 Å². The Morgan fingerprint density at radius 3 is 1.29 bits per heavy atom. The summed E-state index contributed by atoms with van der Waals surface area (Å²) in [4.78, 5) is 7.27. The van der Waals surface area contributed by atoms with Crippen LogP contribution in [0.3, 0.4) is 0 Å². The Labute approximate surface area is 230 Å². The van der Waals surface area contributed by atoms with E-state index in [0.29, 0.717) is 0 Å². The van der Waals surface area contributed by atoms with E-state index in [2.05, 4.69) is 141 Å². The van der Waals surface area contributed by atoms with Gasteiger partial charge in [0.2, 0.25) is 0 Å². The number of hydrogen-bond acceptors (Lipinski definition) is 3. The monoisotopic (exact) mass is 507 g/mol. The van der Waals surface area contributed by atoms with E-state index in [1.54, 1.807) is 0 Å². The van der Waals surface area contributed by atoms with Crippen LogP contribution < -0.4 is 14.7 Å². The van der Waals surface area contributed by atoms with Crippen molar-refractivity contribution in [2.24, 2.45) is 0 Å². The van der Waals surface area contributed by atoms with Gasteiger partial charge in [-0.15, -0.1) is 0 Å². The molecule has 0 spiro atoms. The van der Waals surface area contributed by atoms with Crippen molar-refractivity contribution in [3.63, 3.8) is 0 Å². The summed E-state index contributed by atoms with van der Waals surface area (Å²) in [5.74, 6) is 0.155. The maximum absolute atomic E-state index is 2.46. The van der Waals surface area contributed by atoms with Crippen LogP contribution >= 0.6 is 0 Å².